The minimum absolute atomic E-state index is 0.140. The molecule has 1 heterocycles. The van der Waals surface area contributed by atoms with Gasteiger partial charge < -0.3 is 15.0 Å². The fourth-order valence-corrected chi connectivity index (χ4v) is 4.98. The molecule has 0 saturated carbocycles. The quantitative estimate of drug-likeness (QED) is 0.387. The van der Waals surface area contributed by atoms with Gasteiger partial charge in [-0.3, -0.25) is 9.36 Å². The molecule has 0 bridgehead atoms. The summed E-state index contributed by atoms with van der Waals surface area (Å²) in [6.07, 6.45) is 3.78. The van der Waals surface area contributed by atoms with Gasteiger partial charge in [-0.25, -0.2) is 4.79 Å². The van der Waals surface area contributed by atoms with Gasteiger partial charge in [-0.2, -0.15) is 4.98 Å². The van der Waals surface area contributed by atoms with Gasteiger partial charge >= 0.3 is 5.69 Å². The van der Waals surface area contributed by atoms with Gasteiger partial charge in [0.15, 0.2) is 0 Å². The Labute approximate surface area is 194 Å². The lowest BCUT2D eigenvalue weighted by Gasteiger charge is -2.19. The summed E-state index contributed by atoms with van der Waals surface area (Å²) >= 11 is 1.35. The predicted molar refractivity (Wildman–Crippen MR) is 130 cm³/mol. The average Bonchev–Trinajstić information content (AvgIpc) is 3.28. The van der Waals surface area contributed by atoms with Crippen LogP contribution in [0.5, 0.6) is 5.75 Å². The summed E-state index contributed by atoms with van der Waals surface area (Å²) < 4.78 is 7.43. The van der Waals surface area contributed by atoms with E-state index in [-0.39, 0.29) is 17.3 Å². The summed E-state index contributed by atoms with van der Waals surface area (Å²) in [5, 5.41) is 3.61. The third kappa shape index (κ3) is 6.13. The summed E-state index contributed by atoms with van der Waals surface area (Å²) in [7, 11) is 0. The van der Waals surface area contributed by atoms with Crippen molar-refractivity contribution in [1.82, 2.24) is 14.5 Å². The zero-order valence-electron chi connectivity index (χ0n) is 19.4. The predicted octanol–water partition coefficient (Wildman–Crippen LogP) is 3.59. The van der Waals surface area contributed by atoms with E-state index in [1.807, 2.05) is 35.8 Å². The molecule has 7 nitrogen and oxygen atoms in total. The zero-order valence-corrected chi connectivity index (χ0v) is 20.2. The molecule has 0 saturated heterocycles. The van der Waals surface area contributed by atoms with Crippen molar-refractivity contribution in [3.05, 3.63) is 46.0 Å². The molecule has 1 aromatic heterocycles. The molecule has 0 aliphatic heterocycles. The number of anilines is 1. The number of carbonyl (C=O) groups is 1. The van der Waals surface area contributed by atoms with Crippen LogP contribution in [0.1, 0.15) is 44.9 Å². The fraction of sp³-hybridized carbons (Fsp3) is 0.542. The number of nitrogens with one attached hydrogen (secondary N) is 1. The van der Waals surface area contributed by atoms with Gasteiger partial charge in [-0.05, 0) is 64.4 Å². The molecular weight excluding hydrogens is 424 g/mol. The number of thioether (sulfide) groups is 1. The van der Waals surface area contributed by atoms with Crippen molar-refractivity contribution in [2.75, 3.05) is 37.3 Å². The van der Waals surface area contributed by atoms with Crippen LogP contribution in [0.3, 0.4) is 0 Å². The average molecular weight is 459 g/mol. The number of benzene rings is 1. The topological polar surface area (TPSA) is 76.5 Å². The van der Waals surface area contributed by atoms with Crippen LogP contribution in [0.25, 0.3) is 0 Å². The molecule has 1 N–H and O–H groups in total. The highest BCUT2D eigenvalue weighted by Crippen LogP contribution is 2.30. The molecular formula is C24H34N4O3S. The molecule has 1 aliphatic rings. The lowest BCUT2D eigenvalue weighted by atomic mass is 10.2. The first-order chi connectivity index (χ1) is 15.6. The van der Waals surface area contributed by atoms with E-state index >= 15 is 0 Å². The number of aromatic nitrogens is 2. The first-order valence-corrected chi connectivity index (χ1v) is 12.5. The number of nitrogens with zero attached hydrogens (tertiary/aromatic N) is 3. The summed E-state index contributed by atoms with van der Waals surface area (Å²) in [5.41, 5.74) is 2.70. The lowest BCUT2D eigenvalue weighted by molar-refractivity contribution is -0.113. The summed E-state index contributed by atoms with van der Waals surface area (Å²) in [4.78, 5) is 32.1. The van der Waals surface area contributed by atoms with Crippen molar-refractivity contribution in [2.45, 2.75) is 58.0 Å². The zero-order chi connectivity index (χ0) is 22.9. The largest absolute Gasteiger partial charge is 0.492 e. The lowest BCUT2D eigenvalue weighted by Crippen LogP contribution is -2.30. The highest BCUT2D eigenvalue weighted by atomic mass is 32.2. The molecule has 3 rings (SSSR count). The Kier molecular flexibility index (Phi) is 9.17. The van der Waals surface area contributed by atoms with Gasteiger partial charge in [0.2, 0.25) is 5.91 Å². The fourth-order valence-electron chi connectivity index (χ4n) is 4.10. The second-order valence-corrected chi connectivity index (χ2v) is 8.74. The Balaban J connectivity index is 1.65. The van der Waals surface area contributed by atoms with E-state index in [1.165, 1.54) is 11.8 Å². The van der Waals surface area contributed by atoms with Crippen LogP contribution in [0.15, 0.2) is 34.1 Å². The van der Waals surface area contributed by atoms with Crippen molar-refractivity contribution in [2.24, 2.45) is 0 Å². The molecule has 0 unspecified atom stereocenters. The van der Waals surface area contributed by atoms with Crippen LogP contribution in [-0.4, -0.2) is 52.4 Å². The highest BCUT2D eigenvalue weighted by molar-refractivity contribution is 8.00. The number of carbonyl (C=O) groups excluding carboxylic acids is 1. The Bertz CT molecular complexity index is 972. The molecule has 1 aliphatic carbocycles. The first kappa shape index (κ1) is 24.3. The number of ether oxygens (including phenoxy) is 1. The van der Waals surface area contributed by atoms with Crippen molar-refractivity contribution < 1.29 is 9.53 Å². The van der Waals surface area contributed by atoms with Gasteiger partial charge in [0, 0.05) is 17.8 Å². The molecule has 1 amide bonds. The number of fused-ring (bicyclic) bond motifs is 1. The van der Waals surface area contributed by atoms with E-state index in [4.69, 9.17) is 4.74 Å². The van der Waals surface area contributed by atoms with Crippen molar-refractivity contribution in [1.29, 1.82) is 0 Å². The third-order valence-corrected chi connectivity index (χ3v) is 6.77. The van der Waals surface area contributed by atoms with Gasteiger partial charge in [0.1, 0.15) is 10.8 Å². The summed E-state index contributed by atoms with van der Waals surface area (Å²) in [5.74, 6) is 0.712. The van der Waals surface area contributed by atoms with E-state index in [2.05, 4.69) is 29.0 Å². The summed E-state index contributed by atoms with van der Waals surface area (Å²) in [6, 6.07) is 7.39. The van der Waals surface area contributed by atoms with Gasteiger partial charge in [0.25, 0.3) is 0 Å². The molecule has 32 heavy (non-hydrogen) atoms. The van der Waals surface area contributed by atoms with E-state index in [0.717, 1.165) is 56.6 Å². The second kappa shape index (κ2) is 12.1. The number of para-hydroxylation sites is 2. The molecule has 0 radical (unpaired) electrons. The van der Waals surface area contributed by atoms with Gasteiger partial charge in [-0.1, -0.05) is 37.7 Å². The Morgan fingerprint density at radius 2 is 2.00 bits per heavy atom. The number of rotatable bonds is 12. The maximum Gasteiger partial charge on any atom is 0.348 e. The molecule has 174 valence electrons. The number of amides is 1. The molecule has 0 fully saturated rings. The molecule has 0 atom stereocenters. The maximum absolute atomic E-state index is 12.8. The van der Waals surface area contributed by atoms with Crippen molar-refractivity contribution >= 4 is 23.4 Å². The first-order valence-electron chi connectivity index (χ1n) is 11.6. The molecule has 8 heteroatoms. The van der Waals surface area contributed by atoms with Crippen LogP contribution >= 0.6 is 11.8 Å². The van der Waals surface area contributed by atoms with Crippen molar-refractivity contribution in [3.63, 3.8) is 0 Å². The Hall–Kier alpha value is -2.32. The smallest absolute Gasteiger partial charge is 0.348 e. The van der Waals surface area contributed by atoms with E-state index < -0.39 is 0 Å². The monoisotopic (exact) mass is 458 g/mol. The van der Waals surface area contributed by atoms with Gasteiger partial charge in [0.05, 0.1) is 18.0 Å². The van der Waals surface area contributed by atoms with Crippen LogP contribution in [0.2, 0.25) is 0 Å². The standard InChI is InChI=1S/C24H34N4O3S/c1-4-27(5-2)15-10-16-28-20-13-9-11-18(20)23(26-24(28)30)32-17-22(29)25-19-12-7-8-14-21(19)31-6-3/h7-8,12,14H,4-6,9-11,13,15-17H2,1-3H3,(H,25,29). The van der Waals surface area contributed by atoms with Crippen LogP contribution in [0.4, 0.5) is 5.69 Å². The van der Waals surface area contributed by atoms with Crippen LogP contribution < -0.4 is 15.7 Å². The normalized spacial score (nSPS) is 12.8. The molecule has 1 aromatic carbocycles. The Morgan fingerprint density at radius 3 is 2.75 bits per heavy atom. The second-order valence-electron chi connectivity index (χ2n) is 7.78. The molecule has 0 spiro atoms. The third-order valence-electron chi connectivity index (χ3n) is 5.75. The van der Waals surface area contributed by atoms with Gasteiger partial charge in [-0.15, -0.1) is 0 Å². The SMILES string of the molecule is CCOc1ccccc1NC(=O)CSc1nc(=O)n(CCCN(CC)CC)c2c1CCC2. The Morgan fingerprint density at radius 1 is 1.22 bits per heavy atom. The van der Waals surface area contributed by atoms with Crippen LogP contribution in [0, 0.1) is 0 Å². The van der Waals surface area contributed by atoms with E-state index in [0.29, 0.717) is 29.6 Å². The minimum atomic E-state index is -0.199. The minimum Gasteiger partial charge on any atom is -0.492 e. The molecule has 2 aromatic rings. The van der Waals surface area contributed by atoms with E-state index in [1.54, 1.807) is 0 Å². The number of hydrogen-bond donors (Lipinski definition) is 1. The summed E-state index contributed by atoms with van der Waals surface area (Å²) in [6.45, 7) is 10.5. The van der Waals surface area contributed by atoms with E-state index in [9.17, 15) is 9.59 Å². The number of hydrogen-bond acceptors (Lipinski definition) is 6. The maximum atomic E-state index is 12.8. The van der Waals surface area contributed by atoms with Crippen LogP contribution in [-0.2, 0) is 24.2 Å². The highest BCUT2D eigenvalue weighted by Gasteiger charge is 2.22. The van der Waals surface area contributed by atoms with Crippen molar-refractivity contribution in [3.8, 4) is 5.75 Å².